The van der Waals surface area contributed by atoms with Crippen LogP contribution in [-0.4, -0.2) is 51.4 Å². The number of carboxylic acid groups (broad SMARTS) is 1. The maximum atomic E-state index is 12.3. The number of halogens is 1. The normalized spacial score (nSPS) is 21.3. The quantitative estimate of drug-likeness (QED) is 0.534. The number of nitrogens with zero attached hydrogens (tertiary/aromatic N) is 2. The topological polar surface area (TPSA) is 151 Å². The van der Waals surface area contributed by atoms with Gasteiger partial charge in [-0.05, 0) is 31.0 Å². The van der Waals surface area contributed by atoms with E-state index < -0.39 is 29.9 Å². The molecule has 5 N–H and O–H groups in total. The van der Waals surface area contributed by atoms with E-state index in [1.165, 1.54) is 0 Å². The fraction of sp³-hybridized carbons (Fsp3) is 0.294. The second kappa shape index (κ2) is 6.71. The van der Waals surface area contributed by atoms with Crippen molar-refractivity contribution in [1.82, 2.24) is 15.2 Å². The Balaban J connectivity index is 1.37. The SMILES string of the molecule is Nc1nc2cc(NCC(=O)N[C@@H]3C(=O)N4C(C(=O)O)=C(Cl)CC[C@H]34)ccc2o1. The van der Waals surface area contributed by atoms with E-state index in [0.29, 0.717) is 29.6 Å². The van der Waals surface area contributed by atoms with E-state index in [2.05, 4.69) is 15.6 Å². The summed E-state index contributed by atoms with van der Waals surface area (Å²) in [6, 6.07) is 3.97. The zero-order chi connectivity index (χ0) is 20.0. The lowest BCUT2D eigenvalue weighted by Gasteiger charge is -2.49. The first-order valence-corrected chi connectivity index (χ1v) is 8.87. The number of rotatable bonds is 5. The Morgan fingerprint density at radius 3 is 2.96 bits per heavy atom. The van der Waals surface area contributed by atoms with Crippen molar-refractivity contribution in [3.8, 4) is 0 Å². The lowest BCUT2D eigenvalue weighted by molar-refractivity contribution is -0.155. The molecule has 28 heavy (non-hydrogen) atoms. The molecule has 2 aliphatic rings. The molecule has 0 aliphatic carbocycles. The number of nitrogens with two attached hydrogens (primary N) is 1. The Hall–Kier alpha value is -3.27. The Morgan fingerprint density at radius 2 is 2.21 bits per heavy atom. The van der Waals surface area contributed by atoms with Crippen molar-refractivity contribution in [1.29, 1.82) is 0 Å². The summed E-state index contributed by atoms with van der Waals surface area (Å²) in [4.78, 5) is 41.0. The molecule has 1 fully saturated rings. The van der Waals surface area contributed by atoms with Gasteiger partial charge in [0, 0.05) is 10.7 Å². The monoisotopic (exact) mass is 405 g/mol. The number of carbonyl (C=O) groups is 3. The van der Waals surface area contributed by atoms with Crippen molar-refractivity contribution in [3.05, 3.63) is 28.9 Å². The van der Waals surface area contributed by atoms with Gasteiger partial charge in [0.1, 0.15) is 17.3 Å². The number of amides is 2. The van der Waals surface area contributed by atoms with Gasteiger partial charge < -0.3 is 25.9 Å². The summed E-state index contributed by atoms with van der Waals surface area (Å²) in [6.45, 7) is -0.0717. The Morgan fingerprint density at radius 1 is 1.43 bits per heavy atom. The summed E-state index contributed by atoms with van der Waals surface area (Å²) in [7, 11) is 0. The maximum absolute atomic E-state index is 12.3. The number of aliphatic carboxylic acids is 1. The third-order valence-electron chi connectivity index (χ3n) is 4.75. The summed E-state index contributed by atoms with van der Waals surface area (Å²) in [5.74, 6) is -2.12. The van der Waals surface area contributed by atoms with Gasteiger partial charge in [0.15, 0.2) is 5.58 Å². The minimum Gasteiger partial charge on any atom is -0.477 e. The molecule has 2 amide bonds. The minimum atomic E-state index is -1.25. The molecule has 2 aromatic rings. The number of allylic oxidation sites excluding steroid dienone is 1. The van der Waals surface area contributed by atoms with Crippen molar-refractivity contribution >= 4 is 52.2 Å². The van der Waals surface area contributed by atoms with Crippen LogP contribution in [0.2, 0.25) is 0 Å². The molecular formula is C17H16ClN5O5. The molecular weight excluding hydrogens is 390 g/mol. The molecule has 0 bridgehead atoms. The number of β-lactam (4-membered cyclic amide) rings is 1. The van der Waals surface area contributed by atoms with Crippen LogP contribution in [0.15, 0.2) is 33.3 Å². The highest BCUT2D eigenvalue weighted by Gasteiger charge is 2.53. The second-order valence-electron chi connectivity index (χ2n) is 6.51. The number of hydrogen-bond donors (Lipinski definition) is 4. The average Bonchev–Trinajstić information content (AvgIpc) is 3.03. The molecule has 2 atom stereocenters. The molecule has 1 saturated heterocycles. The summed E-state index contributed by atoms with van der Waals surface area (Å²) < 4.78 is 5.18. The van der Waals surface area contributed by atoms with E-state index in [9.17, 15) is 19.5 Å². The number of nitrogen functional groups attached to an aromatic ring is 1. The van der Waals surface area contributed by atoms with Gasteiger partial charge in [0.25, 0.3) is 11.9 Å². The molecule has 3 heterocycles. The first-order valence-electron chi connectivity index (χ1n) is 8.49. The van der Waals surface area contributed by atoms with E-state index in [1.54, 1.807) is 18.2 Å². The van der Waals surface area contributed by atoms with Gasteiger partial charge in [-0.15, -0.1) is 0 Å². The van der Waals surface area contributed by atoms with E-state index in [4.69, 9.17) is 21.8 Å². The predicted octanol–water partition coefficient (Wildman–Crippen LogP) is 0.846. The molecule has 1 aromatic heterocycles. The summed E-state index contributed by atoms with van der Waals surface area (Å²) in [5.41, 5.74) is 7.02. The number of aromatic nitrogens is 1. The summed E-state index contributed by atoms with van der Waals surface area (Å²) >= 11 is 5.94. The Bertz CT molecular complexity index is 1030. The smallest absolute Gasteiger partial charge is 0.353 e. The highest BCUT2D eigenvalue weighted by molar-refractivity contribution is 6.32. The number of carboxylic acids is 1. The molecule has 2 aliphatic heterocycles. The minimum absolute atomic E-state index is 0.0558. The van der Waals surface area contributed by atoms with Gasteiger partial charge >= 0.3 is 5.97 Å². The van der Waals surface area contributed by atoms with E-state index >= 15 is 0 Å². The molecule has 11 heteroatoms. The van der Waals surface area contributed by atoms with Gasteiger partial charge in [-0.1, -0.05) is 11.6 Å². The van der Waals surface area contributed by atoms with Crippen molar-refractivity contribution in [2.24, 2.45) is 0 Å². The van der Waals surface area contributed by atoms with Crippen molar-refractivity contribution in [2.75, 3.05) is 17.6 Å². The Kier molecular flexibility index (Phi) is 4.34. The maximum Gasteiger partial charge on any atom is 0.353 e. The number of nitrogens with one attached hydrogen (secondary N) is 2. The van der Waals surface area contributed by atoms with Crippen molar-refractivity contribution < 1.29 is 23.9 Å². The largest absolute Gasteiger partial charge is 0.477 e. The molecule has 10 nitrogen and oxygen atoms in total. The first kappa shape index (κ1) is 18.1. The number of hydrogen-bond acceptors (Lipinski definition) is 7. The zero-order valence-corrected chi connectivity index (χ0v) is 15.2. The van der Waals surface area contributed by atoms with Gasteiger partial charge in [0.2, 0.25) is 5.91 Å². The number of carbonyl (C=O) groups excluding carboxylic acids is 2. The average molecular weight is 406 g/mol. The highest BCUT2D eigenvalue weighted by atomic mass is 35.5. The standard InChI is InChI=1S/C17H16ClN5O5/c18-8-2-3-10-13(15(25)23(10)14(8)16(26)27)22-12(24)6-20-7-1-4-11-9(5-7)21-17(19)28-11/h1,4-5,10,13,20H,2-3,6H2,(H2,19,21)(H,22,24)(H,26,27)/t10-,13+/m1/s1. The van der Waals surface area contributed by atoms with Crippen LogP contribution in [0.4, 0.5) is 11.7 Å². The number of anilines is 2. The summed E-state index contributed by atoms with van der Waals surface area (Å²) in [6.07, 6.45) is 0.840. The van der Waals surface area contributed by atoms with Crippen LogP contribution in [0, 0.1) is 0 Å². The van der Waals surface area contributed by atoms with E-state index in [1.807, 2.05) is 0 Å². The number of oxazole rings is 1. The zero-order valence-electron chi connectivity index (χ0n) is 14.4. The molecule has 146 valence electrons. The molecule has 0 spiro atoms. The third-order valence-corrected chi connectivity index (χ3v) is 5.12. The summed E-state index contributed by atoms with van der Waals surface area (Å²) in [5, 5.41) is 15.0. The highest BCUT2D eigenvalue weighted by Crippen LogP contribution is 2.37. The molecule has 0 saturated carbocycles. The molecule has 1 aromatic carbocycles. The number of fused-ring (bicyclic) bond motifs is 2. The lowest BCUT2D eigenvalue weighted by atomic mass is 9.86. The van der Waals surface area contributed by atoms with Crippen molar-refractivity contribution in [3.63, 3.8) is 0 Å². The van der Waals surface area contributed by atoms with Crippen LogP contribution in [0.5, 0.6) is 0 Å². The number of benzene rings is 1. The predicted molar refractivity (Wildman–Crippen MR) is 99.2 cm³/mol. The van der Waals surface area contributed by atoms with Gasteiger partial charge in [-0.3, -0.25) is 14.5 Å². The molecule has 0 radical (unpaired) electrons. The van der Waals surface area contributed by atoms with Crippen molar-refractivity contribution in [2.45, 2.75) is 24.9 Å². The third kappa shape index (κ3) is 3.01. The van der Waals surface area contributed by atoms with Gasteiger partial charge in [-0.25, -0.2) is 4.79 Å². The van der Waals surface area contributed by atoms with Crippen LogP contribution in [0.1, 0.15) is 12.8 Å². The van der Waals surface area contributed by atoms with Crippen LogP contribution in [0.25, 0.3) is 11.1 Å². The first-order chi connectivity index (χ1) is 13.3. The van der Waals surface area contributed by atoms with Crippen LogP contribution < -0.4 is 16.4 Å². The molecule has 4 rings (SSSR count). The fourth-order valence-corrected chi connectivity index (χ4v) is 3.76. The Labute approximate surface area is 163 Å². The second-order valence-corrected chi connectivity index (χ2v) is 6.96. The van der Waals surface area contributed by atoms with E-state index in [-0.39, 0.29) is 23.3 Å². The molecule has 0 unspecified atom stereocenters. The van der Waals surface area contributed by atoms with Crippen LogP contribution >= 0.6 is 11.6 Å². The van der Waals surface area contributed by atoms with E-state index in [0.717, 1.165) is 4.90 Å². The van der Waals surface area contributed by atoms with Crippen LogP contribution in [0.3, 0.4) is 0 Å². The van der Waals surface area contributed by atoms with Crippen LogP contribution in [-0.2, 0) is 14.4 Å². The van der Waals surface area contributed by atoms with Gasteiger partial charge in [-0.2, -0.15) is 4.98 Å². The lowest BCUT2D eigenvalue weighted by Crippen LogP contribution is -2.71. The van der Waals surface area contributed by atoms with Gasteiger partial charge in [0.05, 0.1) is 12.6 Å². The fourth-order valence-electron chi connectivity index (χ4n) is 3.48.